The molecule has 4 aromatic carbocycles. The molecule has 0 saturated heterocycles. The van der Waals surface area contributed by atoms with Crippen LogP contribution in [-0.2, 0) is 53.8 Å². The van der Waals surface area contributed by atoms with Gasteiger partial charge in [-0.25, -0.2) is 51.1 Å². The van der Waals surface area contributed by atoms with Gasteiger partial charge in [-0.2, -0.15) is 10.2 Å². The number of nitrogens with zero attached hydrogens (tertiary/aromatic N) is 12. The second-order valence-electron chi connectivity index (χ2n) is 23.4. The van der Waals surface area contributed by atoms with E-state index in [9.17, 15) is 52.7 Å². The Bertz CT molecular complexity index is 4040. The van der Waals surface area contributed by atoms with Gasteiger partial charge in [-0.1, -0.05) is 63.5 Å². The van der Waals surface area contributed by atoms with Crippen molar-refractivity contribution in [2.75, 3.05) is 74.2 Å². The van der Waals surface area contributed by atoms with Crippen LogP contribution < -0.4 is 27.6 Å². The molecule has 2 atom stereocenters. The first kappa shape index (κ1) is 69.9. The average Bonchev–Trinajstić information content (AvgIpc) is 1.54. The number of aliphatic hydroxyl groups excluding tert-OH is 2. The van der Waals surface area contributed by atoms with E-state index in [1.807, 2.05) is 0 Å². The molecule has 0 radical (unpaired) electrons. The third-order valence-electron chi connectivity index (χ3n) is 13.9. The number of anilines is 2. The monoisotopic (exact) mass is 1360 g/mol. The number of ether oxygens (including phenoxy) is 4. The summed E-state index contributed by atoms with van der Waals surface area (Å²) in [5.41, 5.74) is 0.917. The summed E-state index contributed by atoms with van der Waals surface area (Å²) in [6.07, 6.45) is 1.48. The molecule has 0 amide bonds. The number of sulfone groups is 2. The molecule has 0 unspecified atom stereocenters. The van der Waals surface area contributed by atoms with Gasteiger partial charge in [-0.3, -0.25) is 18.5 Å². The van der Waals surface area contributed by atoms with Gasteiger partial charge in [0, 0.05) is 79.4 Å². The molecule has 2 N–H and O–H groups in total. The Hall–Kier alpha value is -7.61. The maximum absolute atomic E-state index is 14.3. The van der Waals surface area contributed by atoms with Gasteiger partial charge in [0.15, 0.2) is 31.3 Å². The standard InChI is InChI=1S/2C28H37FN6O7S2Si/c2*1-33-14-13-21(32-33)27-30-31-28(35(27)26-23(41-2)9-8-10-24(26)42-3)34(15-16-45(5,6)7)44(39,40)18-22(36)20-12-11-19(29)17-25(20)43(4,37)38/h2*8-14,17,22,36H,15-16,18H2,1-7H3/t2*22-/m10/s1. The molecule has 8 rings (SSSR count). The van der Waals surface area contributed by atoms with Crippen molar-refractivity contribution in [3.8, 4) is 57.4 Å². The summed E-state index contributed by atoms with van der Waals surface area (Å²) < 4.78 is 166. The van der Waals surface area contributed by atoms with Gasteiger partial charge in [0.05, 0.1) is 61.9 Å². The van der Waals surface area contributed by atoms with Crippen LogP contribution in [0.1, 0.15) is 23.3 Å². The molecule has 26 nitrogen and oxygen atoms in total. The lowest BCUT2D eigenvalue weighted by molar-refractivity contribution is 0.197. The van der Waals surface area contributed by atoms with Crippen molar-refractivity contribution in [3.05, 3.63) is 120 Å². The van der Waals surface area contributed by atoms with Crippen molar-refractivity contribution >= 4 is 67.8 Å². The number of hydrogen-bond donors (Lipinski definition) is 2. The largest absolute Gasteiger partial charge is 0.494 e. The topological polar surface area (TPSA) is 317 Å². The fraction of sp³-hybridized carbons (Fsp3) is 0.393. The van der Waals surface area contributed by atoms with Gasteiger partial charge in [-0.15, -0.1) is 20.4 Å². The van der Waals surface area contributed by atoms with Gasteiger partial charge < -0.3 is 29.2 Å². The number of para-hydroxylation sites is 2. The number of aryl methyl sites for hydroxylation is 2. The second kappa shape index (κ2) is 27.5. The summed E-state index contributed by atoms with van der Waals surface area (Å²) in [4.78, 5) is -1.00. The van der Waals surface area contributed by atoms with E-state index in [0.29, 0.717) is 57.8 Å². The first-order valence-corrected chi connectivity index (χ1v) is 42.0. The predicted octanol–water partition coefficient (Wildman–Crippen LogP) is 6.87. The minimum absolute atomic E-state index is 0.0229. The van der Waals surface area contributed by atoms with E-state index < -0.39 is 101 Å². The Morgan fingerprint density at radius 1 is 0.511 bits per heavy atom. The van der Waals surface area contributed by atoms with E-state index in [1.54, 1.807) is 84.4 Å². The molecule has 0 aliphatic rings. The zero-order valence-corrected chi connectivity index (χ0v) is 57.4. The maximum Gasteiger partial charge on any atom is 0.246 e. The Balaban J connectivity index is 0.000000256. The molecule has 0 aliphatic heterocycles. The highest BCUT2D eigenvalue weighted by atomic mass is 32.2. The molecule has 0 aliphatic carbocycles. The molecule has 0 spiro atoms. The predicted molar refractivity (Wildman–Crippen MR) is 341 cm³/mol. The number of sulfonamides is 2. The molecular weight excluding hydrogens is 1290 g/mol. The smallest absolute Gasteiger partial charge is 0.246 e. The number of halogens is 2. The molecule has 8 aromatic rings. The minimum atomic E-state index is -4.46. The summed E-state index contributed by atoms with van der Waals surface area (Å²) in [5.74, 6) is -2.06. The lowest BCUT2D eigenvalue weighted by Crippen LogP contribution is -2.40. The van der Waals surface area contributed by atoms with Crippen molar-refractivity contribution in [1.29, 1.82) is 0 Å². The molecule has 0 saturated carbocycles. The van der Waals surface area contributed by atoms with Crippen molar-refractivity contribution in [3.63, 3.8) is 0 Å². The molecule has 0 fully saturated rings. The lowest BCUT2D eigenvalue weighted by atomic mass is 10.1. The van der Waals surface area contributed by atoms with Crippen LogP contribution in [0.25, 0.3) is 34.4 Å². The van der Waals surface area contributed by atoms with Gasteiger partial charge in [0.25, 0.3) is 0 Å². The summed E-state index contributed by atoms with van der Waals surface area (Å²) in [5, 5.41) is 48.6. The number of rotatable bonds is 26. The average molecular weight is 1360 g/mol. The summed E-state index contributed by atoms with van der Waals surface area (Å²) in [6, 6.07) is 20.1. The molecule has 0 bridgehead atoms. The van der Waals surface area contributed by atoms with Crippen LogP contribution in [0.5, 0.6) is 23.0 Å². The highest BCUT2D eigenvalue weighted by Crippen LogP contribution is 2.42. The summed E-state index contributed by atoms with van der Waals surface area (Å²) in [6.45, 7) is 12.4. The fourth-order valence-electron chi connectivity index (χ4n) is 9.36. The third kappa shape index (κ3) is 16.3. The lowest BCUT2D eigenvalue weighted by Gasteiger charge is -2.28. The Kier molecular flexibility index (Phi) is 21.3. The molecule has 34 heteroatoms. The SMILES string of the molecule is COc1cccc(OC)c1-n1c(-c2ccn(C)n2)nnc1N(CC[Si](C)(C)C)S(=O)(=O)C[C@@H](O)c1ccc(F)cc1S(C)(=O)=O.COc1cccc(OC)c1-n1c(-c2ccn(C)n2)nnc1N(CC[Si](C)(C)C)S(=O)(=O)C[C@H](O)c1ccc(F)cc1S(C)(=O)=O. The van der Waals surface area contributed by atoms with E-state index in [1.165, 1.54) is 37.6 Å². The number of methoxy groups -OCH3 is 4. The van der Waals surface area contributed by atoms with Crippen molar-refractivity contribution in [2.24, 2.45) is 14.1 Å². The third-order valence-corrected chi connectivity index (χ3v) is 23.1. The van der Waals surface area contributed by atoms with E-state index in [4.69, 9.17) is 18.9 Å². The number of aliphatic hydroxyl groups is 2. The number of aromatic nitrogens is 10. The van der Waals surface area contributed by atoms with E-state index in [-0.39, 0.29) is 47.8 Å². The van der Waals surface area contributed by atoms with Gasteiger partial charge in [0.2, 0.25) is 31.9 Å². The highest BCUT2D eigenvalue weighted by molar-refractivity contribution is 7.93. The van der Waals surface area contributed by atoms with Gasteiger partial charge >= 0.3 is 0 Å². The first-order chi connectivity index (χ1) is 41.9. The molecular formula is C56H74F2N12O14S4Si2. The second-order valence-corrected chi connectivity index (χ2v) is 42.4. The van der Waals surface area contributed by atoms with E-state index in [0.717, 1.165) is 57.5 Å². The Morgan fingerprint density at radius 3 is 1.10 bits per heavy atom. The van der Waals surface area contributed by atoms with Crippen LogP contribution in [0.3, 0.4) is 0 Å². The van der Waals surface area contributed by atoms with Crippen molar-refractivity contribution < 1.29 is 71.6 Å². The van der Waals surface area contributed by atoms with Crippen LogP contribution in [-0.4, -0.2) is 175 Å². The molecule has 90 heavy (non-hydrogen) atoms. The molecule has 4 aromatic heterocycles. The maximum atomic E-state index is 14.3. The molecule has 4 heterocycles. The fourth-order valence-corrected chi connectivity index (χ4v) is 16.4. The molecule has 488 valence electrons. The van der Waals surface area contributed by atoms with Crippen LogP contribution in [0.2, 0.25) is 51.4 Å². The van der Waals surface area contributed by atoms with E-state index in [2.05, 4.69) is 69.9 Å². The Labute approximate surface area is 524 Å². The zero-order chi connectivity index (χ0) is 66.6. The highest BCUT2D eigenvalue weighted by Gasteiger charge is 2.38. The number of hydrogen-bond acceptors (Lipinski definition) is 20. The van der Waals surface area contributed by atoms with Gasteiger partial charge in [-0.05, 0) is 72.8 Å². The minimum Gasteiger partial charge on any atom is -0.494 e. The zero-order valence-electron chi connectivity index (χ0n) is 52.2. The van der Waals surface area contributed by atoms with Crippen molar-refractivity contribution in [1.82, 2.24) is 49.1 Å². The van der Waals surface area contributed by atoms with Crippen LogP contribution in [0, 0.1) is 11.6 Å². The summed E-state index contributed by atoms with van der Waals surface area (Å²) >= 11 is 0. The Morgan fingerprint density at radius 2 is 0.833 bits per heavy atom. The normalized spacial score (nSPS) is 13.1. The van der Waals surface area contributed by atoms with Crippen LogP contribution in [0.4, 0.5) is 20.7 Å². The van der Waals surface area contributed by atoms with Crippen LogP contribution >= 0.6 is 0 Å². The van der Waals surface area contributed by atoms with Crippen molar-refractivity contribution in [2.45, 2.75) is 73.4 Å². The van der Waals surface area contributed by atoms with E-state index >= 15 is 0 Å². The first-order valence-electron chi connectivity index (χ1n) is 27.6. The van der Waals surface area contributed by atoms with Crippen LogP contribution in [0.15, 0.2) is 107 Å². The number of benzene rings is 4. The summed E-state index contributed by atoms with van der Waals surface area (Å²) in [7, 11) is -11.4. The van der Waals surface area contributed by atoms with Gasteiger partial charge in [0.1, 0.15) is 57.4 Å². The quantitative estimate of drug-likeness (QED) is 0.0522.